The highest BCUT2D eigenvalue weighted by molar-refractivity contribution is 6.09. The second-order valence-corrected chi connectivity index (χ2v) is 9.71. The molecule has 0 radical (unpaired) electrons. The van der Waals surface area contributed by atoms with Crippen LogP contribution in [-0.4, -0.2) is 75.3 Å². The molecule has 0 unspecified atom stereocenters. The zero-order chi connectivity index (χ0) is 25.4. The van der Waals surface area contributed by atoms with Crippen molar-refractivity contribution in [2.24, 2.45) is 5.92 Å². The van der Waals surface area contributed by atoms with E-state index in [1.54, 1.807) is 6.92 Å². The third kappa shape index (κ3) is 4.77. The van der Waals surface area contributed by atoms with Crippen molar-refractivity contribution in [1.29, 1.82) is 0 Å². The van der Waals surface area contributed by atoms with Crippen LogP contribution in [0.5, 0.6) is 5.75 Å². The zero-order valence-corrected chi connectivity index (χ0v) is 20.4. The van der Waals surface area contributed by atoms with Crippen molar-refractivity contribution in [2.45, 2.75) is 45.3 Å². The lowest BCUT2D eigenvalue weighted by Gasteiger charge is -2.34. The number of aromatic nitrogens is 3. The van der Waals surface area contributed by atoms with Crippen LogP contribution in [-0.2, 0) is 4.79 Å². The van der Waals surface area contributed by atoms with Crippen LogP contribution in [0.15, 0.2) is 24.5 Å². The Morgan fingerprint density at radius 1 is 1.25 bits per heavy atom. The number of alkyl halides is 1. The van der Waals surface area contributed by atoms with E-state index in [4.69, 9.17) is 9.84 Å². The van der Waals surface area contributed by atoms with E-state index in [9.17, 15) is 14.0 Å². The summed E-state index contributed by atoms with van der Waals surface area (Å²) in [6.07, 6.45) is 2.61. The predicted octanol–water partition coefficient (Wildman–Crippen LogP) is 2.69. The molecule has 3 heterocycles. The van der Waals surface area contributed by atoms with Gasteiger partial charge in [-0.1, -0.05) is 11.6 Å². The number of halogens is 1. The fourth-order valence-electron chi connectivity index (χ4n) is 4.68. The molecule has 3 N–H and O–H groups in total. The number of fused-ring (bicyclic) bond motifs is 1. The maximum atomic E-state index is 14.8. The predicted molar refractivity (Wildman–Crippen MR) is 131 cm³/mol. The number of hydrogen-bond acceptors (Lipinski definition) is 6. The minimum atomic E-state index is -1.44. The van der Waals surface area contributed by atoms with Crippen molar-refractivity contribution in [3.05, 3.63) is 41.3 Å². The molecule has 1 aliphatic heterocycles. The Balaban J connectivity index is 1.42. The van der Waals surface area contributed by atoms with E-state index < -0.39 is 30.6 Å². The summed E-state index contributed by atoms with van der Waals surface area (Å²) >= 11 is 0. The third-order valence-electron chi connectivity index (χ3n) is 6.91. The van der Waals surface area contributed by atoms with Crippen molar-refractivity contribution in [3.8, 4) is 17.0 Å². The van der Waals surface area contributed by atoms with Crippen LogP contribution in [0.2, 0.25) is 0 Å². The van der Waals surface area contributed by atoms with E-state index in [-0.39, 0.29) is 19.5 Å². The number of ether oxygens (including phenoxy) is 1. The van der Waals surface area contributed by atoms with E-state index >= 15 is 0 Å². The summed E-state index contributed by atoms with van der Waals surface area (Å²) in [4.78, 5) is 38.4. The third-order valence-corrected chi connectivity index (χ3v) is 6.91. The standard InChI is InChI=1S/C26H30FN5O4/c1-14-3-6-20(36-12-16-4-5-16)17(9-14)23-25-24(29-13-28-23)22(15(2)30-25)26(35)31-19-7-8-32(10-18(19)27)21(34)11-33/h3,6,9,13,16,18-19,30,33H,4-5,7-8,10-12H2,1-2H3,(H,31,35)/t18-,19+/m1/s1. The summed E-state index contributed by atoms with van der Waals surface area (Å²) in [5.74, 6) is 0.374. The number of nitrogens with zero attached hydrogens (tertiary/aromatic N) is 3. The van der Waals surface area contributed by atoms with Crippen LogP contribution in [0.4, 0.5) is 4.39 Å². The summed E-state index contributed by atoms with van der Waals surface area (Å²) < 4.78 is 20.9. The molecule has 2 aliphatic rings. The molecule has 190 valence electrons. The maximum Gasteiger partial charge on any atom is 0.255 e. The summed E-state index contributed by atoms with van der Waals surface area (Å²) in [6, 6.07) is 5.20. The molecule has 3 aromatic rings. The molecule has 9 nitrogen and oxygen atoms in total. The molecule has 2 atom stereocenters. The van der Waals surface area contributed by atoms with Crippen LogP contribution in [0.1, 0.15) is 40.9 Å². The molecule has 2 fully saturated rings. The van der Waals surface area contributed by atoms with Gasteiger partial charge in [0.2, 0.25) is 5.91 Å². The smallest absolute Gasteiger partial charge is 0.255 e. The molecule has 5 rings (SSSR count). The summed E-state index contributed by atoms with van der Waals surface area (Å²) in [6.45, 7) is 3.87. The highest BCUT2D eigenvalue weighted by atomic mass is 19.1. The second-order valence-electron chi connectivity index (χ2n) is 9.71. The van der Waals surface area contributed by atoms with Gasteiger partial charge in [-0.05, 0) is 51.2 Å². The number of likely N-dealkylation sites (tertiary alicyclic amines) is 1. The van der Waals surface area contributed by atoms with Crippen LogP contribution in [0, 0.1) is 19.8 Å². The first-order valence-corrected chi connectivity index (χ1v) is 12.3. The first-order chi connectivity index (χ1) is 17.4. The van der Waals surface area contributed by atoms with Gasteiger partial charge in [-0.15, -0.1) is 0 Å². The van der Waals surface area contributed by atoms with E-state index in [0.717, 1.165) is 16.9 Å². The molecule has 1 aliphatic carbocycles. The molecule has 36 heavy (non-hydrogen) atoms. The van der Waals surface area contributed by atoms with Gasteiger partial charge in [-0.2, -0.15) is 0 Å². The number of carbonyl (C=O) groups is 2. The number of piperidine rings is 1. The number of carbonyl (C=O) groups excluding carboxylic acids is 2. The minimum Gasteiger partial charge on any atom is -0.493 e. The number of aromatic amines is 1. The fraction of sp³-hybridized carbons (Fsp3) is 0.462. The van der Waals surface area contributed by atoms with Crippen molar-refractivity contribution >= 4 is 22.8 Å². The lowest BCUT2D eigenvalue weighted by molar-refractivity contribution is -0.136. The van der Waals surface area contributed by atoms with Gasteiger partial charge >= 0.3 is 0 Å². The van der Waals surface area contributed by atoms with Crippen LogP contribution < -0.4 is 10.1 Å². The van der Waals surface area contributed by atoms with Gasteiger partial charge < -0.3 is 25.0 Å². The Hall–Kier alpha value is -3.53. The monoisotopic (exact) mass is 495 g/mol. The Morgan fingerprint density at radius 3 is 2.78 bits per heavy atom. The number of rotatable bonds is 7. The van der Waals surface area contributed by atoms with Gasteiger partial charge in [-0.3, -0.25) is 9.59 Å². The Morgan fingerprint density at radius 2 is 2.06 bits per heavy atom. The van der Waals surface area contributed by atoms with Crippen molar-refractivity contribution in [3.63, 3.8) is 0 Å². The molecule has 1 saturated carbocycles. The fourth-order valence-corrected chi connectivity index (χ4v) is 4.68. The van der Waals surface area contributed by atoms with Crippen LogP contribution >= 0.6 is 0 Å². The Kier molecular flexibility index (Phi) is 6.61. The number of aliphatic hydroxyl groups excluding tert-OH is 1. The summed E-state index contributed by atoms with van der Waals surface area (Å²) in [5, 5.41) is 11.8. The maximum absolute atomic E-state index is 14.8. The highest BCUT2D eigenvalue weighted by Gasteiger charge is 2.33. The zero-order valence-electron chi connectivity index (χ0n) is 20.4. The average molecular weight is 496 g/mol. The first kappa shape index (κ1) is 24.2. The number of aliphatic hydroxyl groups is 1. The molecule has 10 heteroatoms. The van der Waals surface area contributed by atoms with Gasteiger partial charge in [0.25, 0.3) is 5.91 Å². The van der Waals surface area contributed by atoms with Gasteiger partial charge in [0.1, 0.15) is 36.1 Å². The van der Waals surface area contributed by atoms with Crippen LogP contribution in [0.3, 0.4) is 0 Å². The largest absolute Gasteiger partial charge is 0.493 e. The first-order valence-electron chi connectivity index (χ1n) is 12.3. The second kappa shape index (κ2) is 9.85. The number of hydrogen-bond donors (Lipinski definition) is 3. The molecular formula is C26H30FN5O4. The van der Waals surface area contributed by atoms with E-state index in [1.807, 2.05) is 25.1 Å². The molecule has 0 bridgehead atoms. The van der Waals surface area contributed by atoms with Gasteiger partial charge in [0.05, 0.1) is 30.3 Å². The number of aryl methyl sites for hydroxylation is 2. The SMILES string of the molecule is Cc1ccc(OCC2CC2)c(-c2ncnc3c(C(=O)N[C@H]4CCN(C(=O)CO)C[C@H]4F)c(C)[nH]c23)c1. The normalized spacial score (nSPS) is 19.9. The van der Waals surface area contributed by atoms with Crippen molar-refractivity contribution in [1.82, 2.24) is 25.2 Å². The average Bonchev–Trinajstić information content (AvgIpc) is 3.63. The number of H-pyrrole nitrogens is 1. The summed E-state index contributed by atoms with van der Waals surface area (Å²) in [5.41, 5.74) is 4.51. The lowest BCUT2D eigenvalue weighted by Crippen LogP contribution is -2.54. The van der Waals surface area contributed by atoms with E-state index in [1.165, 1.54) is 24.1 Å². The molecule has 0 spiro atoms. The van der Waals surface area contributed by atoms with Gasteiger partial charge in [-0.25, -0.2) is 14.4 Å². The van der Waals surface area contributed by atoms with Crippen LogP contribution in [0.25, 0.3) is 22.3 Å². The molecular weight excluding hydrogens is 465 g/mol. The number of nitrogens with one attached hydrogen (secondary N) is 2. The van der Waals surface area contributed by atoms with Crippen molar-refractivity contribution < 1.29 is 23.8 Å². The van der Waals surface area contributed by atoms with Gasteiger partial charge in [0, 0.05) is 17.8 Å². The minimum absolute atomic E-state index is 0.166. The molecule has 2 amide bonds. The van der Waals surface area contributed by atoms with E-state index in [0.29, 0.717) is 40.5 Å². The number of amides is 2. The topological polar surface area (TPSA) is 120 Å². The lowest BCUT2D eigenvalue weighted by atomic mass is 10.0. The molecule has 2 aromatic heterocycles. The molecule has 1 saturated heterocycles. The molecule has 1 aromatic carbocycles. The summed E-state index contributed by atoms with van der Waals surface area (Å²) in [7, 11) is 0. The quantitative estimate of drug-likeness (QED) is 0.464. The van der Waals surface area contributed by atoms with E-state index in [2.05, 4.69) is 20.3 Å². The number of benzene rings is 1. The van der Waals surface area contributed by atoms with Crippen molar-refractivity contribution in [2.75, 3.05) is 26.3 Å². The highest BCUT2D eigenvalue weighted by Crippen LogP contribution is 2.37. The Bertz CT molecular complexity index is 1300. The van der Waals surface area contributed by atoms with Gasteiger partial charge in [0.15, 0.2) is 0 Å². The Labute approximate surface area is 208 Å².